The Bertz CT molecular complexity index is 184. The van der Waals surface area contributed by atoms with Crippen molar-refractivity contribution in [3.63, 3.8) is 0 Å². The molecule has 19 heavy (non-hydrogen) atoms. The molecule has 1 N–H and O–H groups in total. The summed E-state index contributed by atoms with van der Waals surface area (Å²) in [5, 5.41) is 3.59. The third-order valence-electron chi connectivity index (χ3n) is 4.90. The molecule has 1 heteroatoms. The molecule has 1 rings (SSSR count). The molecule has 0 radical (unpaired) electrons. The lowest BCUT2D eigenvalue weighted by atomic mass is 9.86. The van der Waals surface area contributed by atoms with Gasteiger partial charge in [-0.05, 0) is 31.3 Å². The maximum absolute atomic E-state index is 3.59. The van der Waals surface area contributed by atoms with Crippen molar-refractivity contribution in [3.05, 3.63) is 0 Å². The minimum Gasteiger partial charge on any atom is -0.317 e. The Morgan fingerprint density at radius 1 is 0.895 bits per heavy atom. The first kappa shape index (κ1) is 17.0. The Morgan fingerprint density at radius 3 is 2.16 bits per heavy atom. The van der Waals surface area contributed by atoms with Crippen molar-refractivity contribution in [1.82, 2.24) is 5.32 Å². The third-order valence-corrected chi connectivity index (χ3v) is 4.90. The van der Waals surface area contributed by atoms with Crippen molar-refractivity contribution >= 4 is 0 Å². The zero-order chi connectivity index (χ0) is 13.8. The van der Waals surface area contributed by atoms with Crippen LogP contribution in [0.3, 0.4) is 0 Å². The first-order valence-electron chi connectivity index (χ1n) is 9.09. The summed E-state index contributed by atoms with van der Waals surface area (Å²) in [5.41, 5.74) is 0. The van der Waals surface area contributed by atoms with Crippen molar-refractivity contribution in [1.29, 1.82) is 0 Å². The number of hydrogen-bond donors (Lipinski definition) is 1. The molecule has 0 amide bonds. The highest BCUT2D eigenvalue weighted by atomic mass is 14.8. The first-order chi connectivity index (χ1) is 9.38. The molecule has 0 aromatic heterocycles. The SMILES string of the molecule is CCCCCCCCCC(CNCC)C1CCCC1. The zero-order valence-corrected chi connectivity index (χ0v) is 13.6. The van der Waals surface area contributed by atoms with Gasteiger partial charge in [-0.25, -0.2) is 0 Å². The minimum atomic E-state index is 0.970. The fraction of sp³-hybridized carbons (Fsp3) is 1.00. The van der Waals surface area contributed by atoms with Crippen LogP contribution in [0.25, 0.3) is 0 Å². The molecule has 0 heterocycles. The van der Waals surface area contributed by atoms with E-state index < -0.39 is 0 Å². The Hall–Kier alpha value is -0.0400. The van der Waals surface area contributed by atoms with Crippen molar-refractivity contribution in [2.45, 2.75) is 90.9 Å². The van der Waals surface area contributed by atoms with E-state index in [-0.39, 0.29) is 0 Å². The maximum atomic E-state index is 3.59. The van der Waals surface area contributed by atoms with Crippen LogP contribution in [-0.2, 0) is 0 Å². The van der Waals surface area contributed by atoms with Crippen LogP contribution in [0.15, 0.2) is 0 Å². The van der Waals surface area contributed by atoms with Crippen molar-refractivity contribution in [3.8, 4) is 0 Å². The van der Waals surface area contributed by atoms with Crippen LogP contribution in [0.2, 0.25) is 0 Å². The molecular formula is C18H37N. The van der Waals surface area contributed by atoms with E-state index in [1.165, 1.54) is 83.6 Å². The smallest absolute Gasteiger partial charge is 0.00180 e. The van der Waals surface area contributed by atoms with Crippen LogP contribution in [0.1, 0.15) is 90.9 Å². The fourth-order valence-corrected chi connectivity index (χ4v) is 3.63. The van der Waals surface area contributed by atoms with Gasteiger partial charge >= 0.3 is 0 Å². The van der Waals surface area contributed by atoms with Gasteiger partial charge in [0.05, 0.1) is 0 Å². The van der Waals surface area contributed by atoms with Crippen LogP contribution in [0.4, 0.5) is 0 Å². The van der Waals surface area contributed by atoms with E-state index in [0.717, 1.165) is 18.4 Å². The Balaban J connectivity index is 2.06. The van der Waals surface area contributed by atoms with Gasteiger partial charge in [-0.2, -0.15) is 0 Å². The van der Waals surface area contributed by atoms with E-state index in [1.807, 2.05) is 0 Å². The van der Waals surface area contributed by atoms with E-state index in [4.69, 9.17) is 0 Å². The Labute approximate surface area is 121 Å². The van der Waals surface area contributed by atoms with Crippen molar-refractivity contribution in [2.75, 3.05) is 13.1 Å². The summed E-state index contributed by atoms with van der Waals surface area (Å²) in [7, 11) is 0. The zero-order valence-electron chi connectivity index (χ0n) is 13.6. The van der Waals surface area contributed by atoms with Gasteiger partial charge < -0.3 is 5.32 Å². The molecule has 0 aromatic carbocycles. The summed E-state index contributed by atoms with van der Waals surface area (Å²) in [5.74, 6) is 2.01. The normalized spacial score (nSPS) is 18.0. The van der Waals surface area contributed by atoms with Crippen LogP contribution in [0.5, 0.6) is 0 Å². The van der Waals surface area contributed by atoms with Crippen LogP contribution in [-0.4, -0.2) is 13.1 Å². The van der Waals surface area contributed by atoms with Crippen LogP contribution in [0, 0.1) is 11.8 Å². The molecule has 0 bridgehead atoms. The molecule has 0 spiro atoms. The van der Waals surface area contributed by atoms with Gasteiger partial charge in [0.25, 0.3) is 0 Å². The van der Waals surface area contributed by atoms with Crippen LogP contribution < -0.4 is 5.32 Å². The lowest BCUT2D eigenvalue weighted by molar-refractivity contribution is 0.297. The lowest BCUT2D eigenvalue weighted by Crippen LogP contribution is -2.27. The molecule has 1 saturated carbocycles. The number of unbranched alkanes of at least 4 members (excludes halogenated alkanes) is 6. The van der Waals surface area contributed by atoms with E-state index in [9.17, 15) is 0 Å². The molecule has 1 atom stereocenters. The summed E-state index contributed by atoms with van der Waals surface area (Å²) < 4.78 is 0. The number of nitrogens with one attached hydrogen (secondary N) is 1. The summed E-state index contributed by atoms with van der Waals surface area (Å²) in [6.45, 7) is 6.95. The van der Waals surface area contributed by atoms with Gasteiger partial charge in [0.1, 0.15) is 0 Å². The monoisotopic (exact) mass is 267 g/mol. The second-order valence-corrected chi connectivity index (χ2v) is 6.52. The Kier molecular flexibility index (Phi) is 10.5. The predicted octanol–water partition coefficient (Wildman–Crippen LogP) is 5.54. The predicted molar refractivity (Wildman–Crippen MR) is 86.6 cm³/mol. The highest BCUT2D eigenvalue weighted by Crippen LogP contribution is 2.33. The molecule has 1 unspecified atom stereocenters. The van der Waals surface area contributed by atoms with E-state index in [2.05, 4.69) is 19.2 Å². The summed E-state index contributed by atoms with van der Waals surface area (Å²) in [6.07, 6.45) is 17.6. The Morgan fingerprint density at radius 2 is 1.53 bits per heavy atom. The van der Waals surface area contributed by atoms with Gasteiger partial charge in [-0.3, -0.25) is 0 Å². The lowest BCUT2D eigenvalue weighted by Gasteiger charge is -2.23. The van der Waals surface area contributed by atoms with Gasteiger partial charge in [-0.15, -0.1) is 0 Å². The number of hydrogen-bond acceptors (Lipinski definition) is 1. The molecule has 1 aliphatic rings. The standard InChI is InChI=1S/C18H37N/c1-3-5-6-7-8-9-10-15-18(16-19-4-2)17-13-11-12-14-17/h17-19H,3-16H2,1-2H3. The largest absolute Gasteiger partial charge is 0.317 e. The van der Waals surface area contributed by atoms with E-state index >= 15 is 0 Å². The van der Waals surface area contributed by atoms with Gasteiger partial charge in [0, 0.05) is 0 Å². The molecule has 0 saturated heterocycles. The van der Waals surface area contributed by atoms with Crippen molar-refractivity contribution < 1.29 is 0 Å². The van der Waals surface area contributed by atoms with E-state index in [0.29, 0.717) is 0 Å². The summed E-state index contributed by atoms with van der Waals surface area (Å²) in [4.78, 5) is 0. The second-order valence-electron chi connectivity index (χ2n) is 6.52. The molecular weight excluding hydrogens is 230 g/mol. The highest BCUT2D eigenvalue weighted by Gasteiger charge is 2.23. The topological polar surface area (TPSA) is 12.0 Å². The maximum Gasteiger partial charge on any atom is -0.00180 e. The summed E-state index contributed by atoms with van der Waals surface area (Å²) >= 11 is 0. The fourth-order valence-electron chi connectivity index (χ4n) is 3.63. The van der Waals surface area contributed by atoms with Gasteiger partial charge in [0.2, 0.25) is 0 Å². The number of rotatable bonds is 12. The third kappa shape index (κ3) is 7.97. The highest BCUT2D eigenvalue weighted by molar-refractivity contribution is 4.77. The summed E-state index contributed by atoms with van der Waals surface area (Å²) in [6, 6.07) is 0. The molecule has 0 aromatic rings. The molecule has 1 nitrogen and oxygen atoms in total. The molecule has 1 fully saturated rings. The van der Waals surface area contributed by atoms with Gasteiger partial charge in [0.15, 0.2) is 0 Å². The quantitative estimate of drug-likeness (QED) is 0.458. The molecule has 1 aliphatic carbocycles. The van der Waals surface area contributed by atoms with Crippen LogP contribution >= 0.6 is 0 Å². The average molecular weight is 268 g/mol. The minimum absolute atomic E-state index is 0.970. The molecule has 0 aliphatic heterocycles. The first-order valence-corrected chi connectivity index (χ1v) is 9.09. The van der Waals surface area contributed by atoms with E-state index in [1.54, 1.807) is 0 Å². The van der Waals surface area contributed by atoms with Gasteiger partial charge in [-0.1, -0.05) is 84.5 Å². The second kappa shape index (κ2) is 11.8. The van der Waals surface area contributed by atoms with Crippen molar-refractivity contribution in [2.24, 2.45) is 11.8 Å². The average Bonchev–Trinajstić information content (AvgIpc) is 2.95. The molecule has 114 valence electrons.